The van der Waals surface area contributed by atoms with Gasteiger partial charge in [-0.1, -0.05) is 13.8 Å². The molecule has 1 aliphatic heterocycles. The average Bonchev–Trinajstić information content (AvgIpc) is 2.20. The first-order valence-electron chi connectivity index (χ1n) is 5.41. The minimum atomic E-state index is -3.30. The highest BCUT2D eigenvalue weighted by Crippen LogP contribution is 2.12. The second-order valence-corrected chi connectivity index (χ2v) is 5.92. The van der Waals surface area contributed by atoms with Crippen LogP contribution < -0.4 is 10.0 Å². The second-order valence-electron chi connectivity index (χ2n) is 4.11. The first-order valence-corrected chi connectivity index (χ1v) is 6.85. The van der Waals surface area contributed by atoms with E-state index in [0.717, 1.165) is 19.5 Å². The number of hydrogen-bond acceptors (Lipinski definition) is 3. The van der Waals surface area contributed by atoms with Gasteiger partial charge in [-0.25, -0.2) is 0 Å². The quantitative estimate of drug-likeness (QED) is 0.707. The van der Waals surface area contributed by atoms with Crippen LogP contribution in [0.4, 0.5) is 0 Å². The molecule has 0 aromatic heterocycles. The zero-order valence-electron chi connectivity index (χ0n) is 9.66. The summed E-state index contributed by atoms with van der Waals surface area (Å²) in [6.45, 7) is 6.09. The molecule has 0 saturated carbocycles. The van der Waals surface area contributed by atoms with Crippen molar-refractivity contribution in [2.45, 2.75) is 26.3 Å². The molecule has 1 rings (SSSR count). The molecule has 15 heavy (non-hydrogen) atoms. The molecule has 1 saturated heterocycles. The normalized spacial score (nSPS) is 28.3. The van der Waals surface area contributed by atoms with Crippen LogP contribution >= 0.6 is 0 Å². The van der Waals surface area contributed by atoms with Crippen LogP contribution in [0.15, 0.2) is 0 Å². The first-order chi connectivity index (χ1) is 6.97. The summed E-state index contributed by atoms with van der Waals surface area (Å²) in [7, 11) is -1.71. The predicted octanol–water partition coefficient (Wildman–Crippen LogP) is -0.229. The van der Waals surface area contributed by atoms with Crippen LogP contribution in [0, 0.1) is 5.92 Å². The van der Waals surface area contributed by atoms with Gasteiger partial charge >= 0.3 is 0 Å². The van der Waals surface area contributed by atoms with Crippen LogP contribution in [0.5, 0.6) is 0 Å². The van der Waals surface area contributed by atoms with Crippen molar-refractivity contribution < 1.29 is 8.42 Å². The summed E-state index contributed by atoms with van der Waals surface area (Å²) in [5.74, 6) is 0.395. The fourth-order valence-corrected chi connectivity index (χ4v) is 2.82. The van der Waals surface area contributed by atoms with Crippen molar-refractivity contribution in [3.63, 3.8) is 0 Å². The molecule has 2 atom stereocenters. The van der Waals surface area contributed by atoms with Gasteiger partial charge in [0.1, 0.15) is 0 Å². The summed E-state index contributed by atoms with van der Waals surface area (Å²) < 4.78 is 27.6. The molecule has 1 aliphatic rings. The van der Waals surface area contributed by atoms with E-state index in [2.05, 4.69) is 17.0 Å². The Labute approximate surface area is 92.4 Å². The van der Waals surface area contributed by atoms with Gasteiger partial charge < -0.3 is 5.32 Å². The minimum absolute atomic E-state index is 0.0118. The third-order valence-corrected chi connectivity index (χ3v) is 4.66. The molecule has 2 unspecified atom stereocenters. The van der Waals surface area contributed by atoms with Crippen molar-refractivity contribution in [2.75, 3.05) is 26.7 Å². The smallest absolute Gasteiger partial charge is 0.279 e. The predicted molar refractivity (Wildman–Crippen MR) is 60.8 cm³/mol. The maximum absolute atomic E-state index is 11.8. The lowest BCUT2D eigenvalue weighted by Crippen LogP contribution is -2.53. The molecular formula is C9H21N3O2S. The lowest BCUT2D eigenvalue weighted by Gasteiger charge is -2.31. The van der Waals surface area contributed by atoms with E-state index in [0.29, 0.717) is 12.5 Å². The number of piperidine rings is 1. The van der Waals surface area contributed by atoms with Crippen LogP contribution in [0.25, 0.3) is 0 Å². The Hall–Kier alpha value is -0.170. The fourth-order valence-electron chi connectivity index (χ4n) is 1.60. The summed E-state index contributed by atoms with van der Waals surface area (Å²) >= 11 is 0. The van der Waals surface area contributed by atoms with E-state index in [4.69, 9.17) is 0 Å². The van der Waals surface area contributed by atoms with Gasteiger partial charge in [0.2, 0.25) is 0 Å². The van der Waals surface area contributed by atoms with E-state index in [1.807, 2.05) is 6.92 Å². The van der Waals surface area contributed by atoms with Crippen molar-refractivity contribution in [1.82, 2.24) is 14.3 Å². The summed E-state index contributed by atoms with van der Waals surface area (Å²) in [6, 6.07) is 0.0118. The van der Waals surface area contributed by atoms with E-state index in [-0.39, 0.29) is 6.04 Å². The summed E-state index contributed by atoms with van der Waals surface area (Å²) in [5.41, 5.74) is 0. The molecule has 6 heteroatoms. The molecule has 1 heterocycles. The van der Waals surface area contributed by atoms with Crippen LogP contribution in [0.2, 0.25) is 0 Å². The highest BCUT2D eigenvalue weighted by Gasteiger charge is 2.27. The molecule has 0 bridgehead atoms. The molecule has 0 amide bonds. The lowest BCUT2D eigenvalue weighted by molar-refractivity contribution is 0.320. The summed E-state index contributed by atoms with van der Waals surface area (Å²) in [4.78, 5) is 0. The van der Waals surface area contributed by atoms with Gasteiger partial charge in [0.05, 0.1) is 0 Å². The summed E-state index contributed by atoms with van der Waals surface area (Å²) in [5, 5.41) is 3.20. The van der Waals surface area contributed by atoms with Gasteiger partial charge in [0, 0.05) is 26.2 Å². The Morgan fingerprint density at radius 2 is 2.20 bits per heavy atom. The van der Waals surface area contributed by atoms with Crippen LogP contribution in [0.3, 0.4) is 0 Å². The molecule has 2 N–H and O–H groups in total. The minimum Gasteiger partial charge on any atom is -0.315 e. The van der Waals surface area contributed by atoms with Crippen molar-refractivity contribution >= 4 is 10.2 Å². The Kier molecular flexibility index (Phi) is 4.51. The summed E-state index contributed by atoms with van der Waals surface area (Å²) in [6.07, 6.45) is 1.02. The third kappa shape index (κ3) is 3.41. The van der Waals surface area contributed by atoms with Crippen LogP contribution in [0.1, 0.15) is 20.3 Å². The number of hydrogen-bond donors (Lipinski definition) is 2. The maximum Gasteiger partial charge on any atom is 0.279 e. The Balaban J connectivity index is 2.59. The maximum atomic E-state index is 11.8. The Bertz CT molecular complexity index is 292. The molecular weight excluding hydrogens is 214 g/mol. The van der Waals surface area contributed by atoms with Gasteiger partial charge in [0.15, 0.2) is 0 Å². The third-order valence-electron chi connectivity index (χ3n) is 2.98. The van der Waals surface area contributed by atoms with E-state index in [1.165, 1.54) is 4.31 Å². The molecule has 5 nitrogen and oxygen atoms in total. The number of nitrogens with one attached hydrogen (secondary N) is 2. The standard InChI is InChI=1S/C9H21N3O2S/c1-4-12(3)15(13,14)11-9-7-10-6-5-8(9)2/h8-11H,4-7H2,1-3H3. The van der Waals surface area contributed by atoms with Crippen molar-refractivity contribution in [2.24, 2.45) is 5.92 Å². The number of nitrogens with zero attached hydrogens (tertiary/aromatic N) is 1. The molecule has 0 radical (unpaired) electrons. The average molecular weight is 235 g/mol. The Morgan fingerprint density at radius 1 is 1.53 bits per heavy atom. The van der Waals surface area contributed by atoms with E-state index < -0.39 is 10.2 Å². The number of rotatable bonds is 4. The monoisotopic (exact) mass is 235 g/mol. The highest BCUT2D eigenvalue weighted by molar-refractivity contribution is 7.87. The van der Waals surface area contributed by atoms with Gasteiger partial charge in [-0.05, 0) is 18.9 Å². The van der Waals surface area contributed by atoms with E-state index in [9.17, 15) is 8.42 Å². The molecule has 1 fully saturated rings. The second kappa shape index (κ2) is 5.25. The van der Waals surface area contributed by atoms with Crippen molar-refractivity contribution in [3.8, 4) is 0 Å². The largest absolute Gasteiger partial charge is 0.315 e. The van der Waals surface area contributed by atoms with Gasteiger partial charge in [-0.3, -0.25) is 0 Å². The molecule has 0 spiro atoms. The van der Waals surface area contributed by atoms with Crippen LogP contribution in [-0.4, -0.2) is 45.4 Å². The van der Waals surface area contributed by atoms with E-state index in [1.54, 1.807) is 7.05 Å². The SMILES string of the molecule is CCN(C)S(=O)(=O)NC1CNCCC1C. The van der Waals surface area contributed by atoms with Gasteiger partial charge in [-0.2, -0.15) is 17.4 Å². The first kappa shape index (κ1) is 12.9. The van der Waals surface area contributed by atoms with Crippen molar-refractivity contribution in [3.05, 3.63) is 0 Å². The molecule has 0 aromatic carbocycles. The van der Waals surface area contributed by atoms with Gasteiger partial charge in [0.25, 0.3) is 10.2 Å². The molecule has 0 aromatic rings. The fraction of sp³-hybridized carbons (Fsp3) is 1.00. The van der Waals surface area contributed by atoms with Crippen molar-refractivity contribution in [1.29, 1.82) is 0 Å². The Morgan fingerprint density at radius 3 is 2.73 bits per heavy atom. The zero-order valence-corrected chi connectivity index (χ0v) is 10.5. The van der Waals surface area contributed by atoms with Crippen LogP contribution in [-0.2, 0) is 10.2 Å². The molecule has 0 aliphatic carbocycles. The van der Waals surface area contributed by atoms with Gasteiger partial charge in [-0.15, -0.1) is 0 Å². The zero-order chi connectivity index (χ0) is 11.5. The molecule has 90 valence electrons. The highest BCUT2D eigenvalue weighted by atomic mass is 32.2. The van der Waals surface area contributed by atoms with E-state index >= 15 is 0 Å². The topological polar surface area (TPSA) is 61.4 Å². The lowest BCUT2D eigenvalue weighted by atomic mass is 9.96.